The molecular formula is C17H10N4O5S. The van der Waals surface area contributed by atoms with Crippen LogP contribution in [-0.2, 0) is 4.79 Å². The highest BCUT2D eigenvalue weighted by Gasteiger charge is 2.37. The molecule has 2 heterocycles. The Bertz CT molecular complexity index is 1110. The zero-order valence-electron chi connectivity index (χ0n) is 13.5. The number of para-hydroxylation sites is 1. The third-order valence-electron chi connectivity index (χ3n) is 4.01. The molecule has 10 heteroatoms. The third kappa shape index (κ3) is 2.91. The van der Waals surface area contributed by atoms with Gasteiger partial charge in [0.2, 0.25) is 5.91 Å². The lowest BCUT2D eigenvalue weighted by molar-refractivity contribution is -0.384. The van der Waals surface area contributed by atoms with Crippen molar-refractivity contribution in [1.82, 2.24) is 9.88 Å². The van der Waals surface area contributed by atoms with E-state index in [1.165, 1.54) is 17.4 Å². The fourth-order valence-corrected chi connectivity index (χ4v) is 3.65. The van der Waals surface area contributed by atoms with Crippen LogP contribution in [0.25, 0.3) is 10.2 Å². The lowest BCUT2D eigenvalue weighted by Crippen LogP contribution is -2.37. The largest absolute Gasteiger partial charge is 0.300 e. The second kappa shape index (κ2) is 6.25. The molecule has 134 valence electrons. The molecule has 0 fully saturated rings. The minimum Gasteiger partial charge on any atom is -0.300 e. The molecule has 0 spiro atoms. The molecule has 0 saturated heterocycles. The Morgan fingerprint density at radius 2 is 1.89 bits per heavy atom. The Balaban J connectivity index is 1.52. The molecule has 27 heavy (non-hydrogen) atoms. The van der Waals surface area contributed by atoms with E-state index in [9.17, 15) is 24.5 Å². The molecule has 3 aromatic rings. The Morgan fingerprint density at radius 1 is 1.15 bits per heavy atom. The quantitative estimate of drug-likeness (QED) is 0.420. The van der Waals surface area contributed by atoms with Crippen molar-refractivity contribution in [2.75, 3.05) is 11.9 Å². The van der Waals surface area contributed by atoms with Crippen molar-refractivity contribution in [3.8, 4) is 0 Å². The molecule has 0 atom stereocenters. The molecular weight excluding hydrogens is 372 g/mol. The number of carbonyl (C=O) groups is 3. The number of anilines is 1. The number of non-ortho nitro benzene ring substituents is 1. The van der Waals surface area contributed by atoms with Crippen LogP contribution in [0.4, 0.5) is 10.8 Å². The second-order valence-electron chi connectivity index (χ2n) is 5.72. The van der Waals surface area contributed by atoms with Gasteiger partial charge in [-0.3, -0.25) is 29.4 Å². The lowest BCUT2D eigenvalue weighted by atomic mass is 10.1. The van der Waals surface area contributed by atoms with Crippen LogP contribution in [-0.4, -0.2) is 39.1 Å². The second-order valence-corrected chi connectivity index (χ2v) is 6.75. The van der Waals surface area contributed by atoms with Crippen LogP contribution in [0.2, 0.25) is 0 Å². The molecule has 1 aromatic heterocycles. The highest BCUT2D eigenvalue weighted by atomic mass is 32.1. The van der Waals surface area contributed by atoms with Gasteiger partial charge in [0, 0.05) is 12.1 Å². The molecule has 1 aliphatic rings. The standard InChI is InChI=1S/C17H10N4O5S/c22-14(19-17-18-12-3-1-2-4-13(12)27-17)8-20-15(23)10-6-5-9(21(25)26)7-11(10)16(20)24/h1-7H,8H2,(H,18,19,22). The van der Waals surface area contributed by atoms with Crippen LogP contribution < -0.4 is 5.32 Å². The molecule has 0 unspecified atom stereocenters. The van der Waals surface area contributed by atoms with Crippen LogP contribution in [0.5, 0.6) is 0 Å². The van der Waals surface area contributed by atoms with E-state index < -0.39 is 29.2 Å². The maximum atomic E-state index is 12.4. The molecule has 1 aliphatic heterocycles. The number of imide groups is 1. The first-order chi connectivity index (χ1) is 12.9. The number of amides is 3. The van der Waals surface area contributed by atoms with Gasteiger partial charge < -0.3 is 5.32 Å². The van der Waals surface area contributed by atoms with Crippen molar-refractivity contribution < 1.29 is 19.3 Å². The highest BCUT2D eigenvalue weighted by molar-refractivity contribution is 7.22. The summed E-state index contributed by atoms with van der Waals surface area (Å²) in [4.78, 5) is 52.2. The van der Waals surface area contributed by atoms with Crippen molar-refractivity contribution in [2.24, 2.45) is 0 Å². The number of nitrogens with one attached hydrogen (secondary N) is 1. The Hall–Kier alpha value is -3.66. The van der Waals surface area contributed by atoms with E-state index in [0.29, 0.717) is 5.13 Å². The van der Waals surface area contributed by atoms with Gasteiger partial charge in [0.25, 0.3) is 17.5 Å². The molecule has 0 radical (unpaired) electrons. The minimum absolute atomic E-state index is 0.0402. The number of hydrogen-bond donors (Lipinski definition) is 1. The van der Waals surface area contributed by atoms with Crippen LogP contribution in [0.1, 0.15) is 20.7 Å². The van der Waals surface area contributed by atoms with Crippen molar-refractivity contribution in [3.63, 3.8) is 0 Å². The summed E-state index contributed by atoms with van der Waals surface area (Å²) in [6, 6.07) is 10.8. The first-order valence-corrected chi connectivity index (χ1v) is 8.56. The van der Waals surface area contributed by atoms with Gasteiger partial charge in [-0.1, -0.05) is 23.5 Å². The Labute approximate surface area is 155 Å². The monoisotopic (exact) mass is 382 g/mol. The molecule has 0 saturated carbocycles. The number of thiazole rings is 1. The van der Waals surface area contributed by atoms with Gasteiger partial charge >= 0.3 is 0 Å². The normalized spacial score (nSPS) is 13.1. The number of rotatable bonds is 4. The third-order valence-corrected chi connectivity index (χ3v) is 4.96. The smallest absolute Gasteiger partial charge is 0.270 e. The maximum absolute atomic E-state index is 12.4. The SMILES string of the molecule is O=C(CN1C(=O)c2ccc([N+](=O)[O-])cc2C1=O)Nc1nc2ccccc2s1. The number of fused-ring (bicyclic) bond motifs is 2. The number of nitrogens with zero attached hydrogens (tertiary/aromatic N) is 3. The first-order valence-electron chi connectivity index (χ1n) is 7.74. The number of nitro benzene ring substituents is 1. The zero-order chi connectivity index (χ0) is 19.1. The zero-order valence-corrected chi connectivity index (χ0v) is 14.4. The van der Waals surface area contributed by atoms with Gasteiger partial charge in [0.1, 0.15) is 6.54 Å². The van der Waals surface area contributed by atoms with Crippen molar-refractivity contribution in [1.29, 1.82) is 0 Å². The molecule has 2 aromatic carbocycles. The molecule has 1 N–H and O–H groups in total. The Kier molecular flexibility index (Phi) is 3.89. The van der Waals surface area contributed by atoms with E-state index >= 15 is 0 Å². The predicted molar refractivity (Wildman–Crippen MR) is 96.7 cm³/mol. The number of carbonyl (C=O) groups excluding carboxylic acids is 3. The van der Waals surface area contributed by atoms with E-state index in [-0.39, 0.29) is 16.8 Å². The molecule has 0 aliphatic carbocycles. The van der Waals surface area contributed by atoms with Crippen LogP contribution >= 0.6 is 11.3 Å². The van der Waals surface area contributed by atoms with E-state index in [1.807, 2.05) is 18.2 Å². The van der Waals surface area contributed by atoms with E-state index in [0.717, 1.165) is 27.2 Å². The summed E-state index contributed by atoms with van der Waals surface area (Å²) in [6.45, 7) is -0.504. The van der Waals surface area contributed by atoms with E-state index in [2.05, 4.69) is 10.3 Å². The molecule has 9 nitrogen and oxygen atoms in total. The van der Waals surface area contributed by atoms with Gasteiger partial charge in [0.15, 0.2) is 5.13 Å². The summed E-state index contributed by atoms with van der Waals surface area (Å²) >= 11 is 1.27. The van der Waals surface area contributed by atoms with E-state index in [1.54, 1.807) is 6.07 Å². The first kappa shape index (κ1) is 16.8. The minimum atomic E-state index is -0.738. The summed E-state index contributed by atoms with van der Waals surface area (Å²) in [5.41, 5.74) is 0.391. The topological polar surface area (TPSA) is 123 Å². The maximum Gasteiger partial charge on any atom is 0.270 e. The van der Waals surface area contributed by atoms with Crippen LogP contribution in [0.15, 0.2) is 42.5 Å². The van der Waals surface area contributed by atoms with Crippen molar-refractivity contribution in [2.45, 2.75) is 0 Å². The number of aromatic nitrogens is 1. The predicted octanol–water partition coefficient (Wildman–Crippen LogP) is 2.44. The molecule has 3 amide bonds. The van der Waals surface area contributed by atoms with Gasteiger partial charge in [-0.05, 0) is 18.2 Å². The number of benzene rings is 2. The van der Waals surface area contributed by atoms with Crippen LogP contribution in [0, 0.1) is 10.1 Å². The van der Waals surface area contributed by atoms with Crippen LogP contribution in [0.3, 0.4) is 0 Å². The lowest BCUT2D eigenvalue weighted by Gasteiger charge is -2.12. The van der Waals surface area contributed by atoms with Gasteiger partial charge in [-0.15, -0.1) is 0 Å². The average molecular weight is 382 g/mol. The summed E-state index contributed by atoms with van der Waals surface area (Å²) < 4.78 is 0.890. The fourth-order valence-electron chi connectivity index (χ4n) is 2.76. The Morgan fingerprint density at radius 3 is 2.63 bits per heavy atom. The summed E-state index contributed by atoms with van der Waals surface area (Å²) in [6.07, 6.45) is 0. The highest BCUT2D eigenvalue weighted by Crippen LogP contribution is 2.28. The summed E-state index contributed by atoms with van der Waals surface area (Å²) in [5.74, 6) is -1.99. The average Bonchev–Trinajstić information content (AvgIpc) is 3.15. The fraction of sp³-hybridized carbons (Fsp3) is 0.0588. The van der Waals surface area contributed by atoms with Crippen molar-refractivity contribution >= 4 is 50.1 Å². The van der Waals surface area contributed by atoms with Gasteiger partial charge in [-0.25, -0.2) is 4.98 Å². The van der Waals surface area contributed by atoms with Gasteiger partial charge in [-0.2, -0.15) is 0 Å². The van der Waals surface area contributed by atoms with E-state index in [4.69, 9.17) is 0 Å². The summed E-state index contributed by atoms with van der Waals surface area (Å²) in [5, 5.41) is 13.8. The molecule has 0 bridgehead atoms. The number of hydrogen-bond acceptors (Lipinski definition) is 7. The summed E-state index contributed by atoms with van der Waals surface area (Å²) in [7, 11) is 0. The number of nitro groups is 1. The molecule has 4 rings (SSSR count). The van der Waals surface area contributed by atoms with Gasteiger partial charge in [0.05, 0.1) is 26.3 Å². The van der Waals surface area contributed by atoms with Crippen molar-refractivity contribution in [3.05, 3.63) is 63.7 Å².